The Labute approximate surface area is 167 Å². The monoisotopic (exact) mass is 389 g/mol. The lowest BCUT2D eigenvalue weighted by Gasteiger charge is -2.08. The normalized spacial score (nSPS) is 11.3. The highest BCUT2D eigenvalue weighted by molar-refractivity contribution is 6.20. The number of carboxylic acids is 1. The predicted molar refractivity (Wildman–Crippen MR) is 109 cm³/mol. The molecule has 2 aromatic carbocycles. The topological polar surface area (TPSA) is 105 Å². The number of carbonyl (C=O) groups excluding carboxylic acids is 1. The van der Waals surface area contributed by atoms with Gasteiger partial charge in [0.2, 0.25) is 0 Å². The zero-order valence-corrected chi connectivity index (χ0v) is 15.7. The van der Waals surface area contributed by atoms with E-state index in [0.717, 1.165) is 0 Å². The van der Waals surface area contributed by atoms with E-state index in [1.165, 1.54) is 29.0 Å². The molecule has 146 valence electrons. The van der Waals surface area contributed by atoms with Crippen LogP contribution in [0.15, 0.2) is 67.3 Å². The van der Waals surface area contributed by atoms with Gasteiger partial charge >= 0.3 is 5.97 Å². The standard InChI is InChI=1S/C22H19N3O4/c1-3-7-17(18(26)4-2)21-23-20(16-8-5-6-9-19(16)27)24-25(21)15-12-10-14(11-13-15)22(28)29/h3,5-13,27H,1,4H2,2H3,(H,28,29)/b17-7+. The largest absolute Gasteiger partial charge is 0.507 e. The molecular formula is C22H19N3O4. The first kappa shape index (κ1) is 19.8. The Morgan fingerprint density at radius 3 is 2.41 bits per heavy atom. The van der Waals surface area contributed by atoms with Crippen molar-refractivity contribution in [2.45, 2.75) is 13.3 Å². The summed E-state index contributed by atoms with van der Waals surface area (Å²) in [5.74, 6) is -0.672. The van der Waals surface area contributed by atoms with Gasteiger partial charge in [0.15, 0.2) is 17.4 Å². The van der Waals surface area contributed by atoms with Gasteiger partial charge in [-0.1, -0.05) is 31.7 Å². The Kier molecular flexibility index (Phi) is 5.69. The molecule has 0 aliphatic rings. The van der Waals surface area contributed by atoms with Gasteiger partial charge in [-0.05, 0) is 42.5 Å². The number of hydrogen-bond acceptors (Lipinski definition) is 5. The van der Waals surface area contributed by atoms with E-state index in [4.69, 9.17) is 5.11 Å². The van der Waals surface area contributed by atoms with Gasteiger partial charge in [-0.2, -0.15) is 0 Å². The van der Waals surface area contributed by atoms with E-state index >= 15 is 0 Å². The van der Waals surface area contributed by atoms with Crippen LogP contribution >= 0.6 is 0 Å². The first-order chi connectivity index (χ1) is 14.0. The average molecular weight is 389 g/mol. The Hall–Kier alpha value is -4.00. The second-order valence-electron chi connectivity index (χ2n) is 6.13. The van der Waals surface area contributed by atoms with Crippen molar-refractivity contribution in [3.05, 3.63) is 78.6 Å². The van der Waals surface area contributed by atoms with Crippen LogP contribution in [-0.2, 0) is 4.79 Å². The van der Waals surface area contributed by atoms with Crippen molar-refractivity contribution in [1.82, 2.24) is 14.8 Å². The van der Waals surface area contributed by atoms with Gasteiger partial charge in [-0.15, -0.1) is 5.10 Å². The van der Waals surface area contributed by atoms with Crippen LogP contribution in [0.5, 0.6) is 5.75 Å². The maximum Gasteiger partial charge on any atom is 0.335 e. The van der Waals surface area contributed by atoms with Crippen LogP contribution in [0.25, 0.3) is 22.6 Å². The molecule has 1 heterocycles. The minimum absolute atomic E-state index is 0.00786. The minimum atomic E-state index is -1.04. The molecule has 3 rings (SSSR count). The second kappa shape index (κ2) is 8.35. The highest BCUT2D eigenvalue weighted by Gasteiger charge is 2.21. The number of ketones is 1. The van der Waals surface area contributed by atoms with Crippen molar-refractivity contribution in [3.8, 4) is 22.8 Å². The number of phenols is 1. The summed E-state index contributed by atoms with van der Waals surface area (Å²) in [5, 5.41) is 23.8. The first-order valence-corrected chi connectivity index (χ1v) is 8.91. The molecule has 0 spiro atoms. The average Bonchev–Trinajstić information content (AvgIpc) is 3.16. The number of allylic oxidation sites excluding steroid dienone is 3. The van der Waals surface area contributed by atoms with Crippen LogP contribution < -0.4 is 0 Å². The van der Waals surface area contributed by atoms with E-state index < -0.39 is 5.97 Å². The highest BCUT2D eigenvalue weighted by atomic mass is 16.4. The Balaban J connectivity index is 2.23. The molecule has 7 heteroatoms. The summed E-state index contributed by atoms with van der Waals surface area (Å²) in [7, 11) is 0. The quantitative estimate of drug-likeness (QED) is 0.469. The van der Waals surface area contributed by atoms with Gasteiger partial charge in [0.1, 0.15) is 5.75 Å². The first-order valence-electron chi connectivity index (χ1n) is 8.91. The molecule has 0 radical (unpaired) electrons. The molecule has 0 saturated carbocycles. The van der Waals surface area contributed by atoms with Gasteiger partial charge in [0, 0.05) is 6.42 Å². The fourth-order valence-electron chi connectivity index (χ4n) is 2.79. The number of nitrogens with zero attached hydrogens (tertiary/aromatic N) is 3. The maximum atomic E-state index is 12.5. The molecule has 0 unspecified atom stereocenters. The van der Waals surface area contributed by atoms with Crippen molar-refractivity contribution >= 4 is 17.3 Å². The van der Waals surface area contributed by atoms with Crippen LogP contribution in [0.3, 0.4) is 0 Å². The van der Waals surface area contributed by atoms with Crippen molar-refractivity contribution in [1.29, 1.82) is 0 Å². The zero-order chi connectivity index (χ0) is 21.0. The third-order valence-electron chi connectivity index (χ3n) is 4.26. The van der Waals surface area contributed by atoms with Gasteiger partial charge < -0.3 is 10.2 Å². The third-order valence-corrected chi connectivity index (χ3v) is 4.26. The number of Topliss-reactive ketones (excluding diaryl/α,β-unsaturated/α-hetero) is 1. The fourth-order valence-corrected chi connectivity index (χ4v) is 2.79. The Bertz CT molecular complexity index is 1110. The van der Waals surface area contributed by atoms with Crippen LogP contribution in [0, 0.1) is 0 Å². The Morgan fingerprint density at radius 2 is 1.83 bits per heavy atom. The number of hydrogen-bond donors (Lipinski definition) is 2. The summed E-state index contributed by atoms with van der Waals surface area (Å²) < 4.78 is 1.45. The molecule has 0 fully saturated rings. The lowest BCUT2D eigenvalue weighted by Crippen LogP contribution is -2.09. The molecule has 0 saturated heterocycles. The number of para-hydroxylation sites is 1. The smallest absolute Gasteiger partial charge is 0.335 e. The van der Waals surface area contributed by atoms with Crippen molar-refractivity contribution in [2.75, 3.05) is 0 Å². The summed E-state index contributed by atoms with van der Waals surface area (Å²) in [5.41, 5.74) is 1.39. The van der Waals surface area contributed by atoms with Crippen LogP contribution in [0.2, 0.25) is 0 Å². The van der Waals surface area contributed by atoms with E-state index in [1.54, 1.807) is 43.3 Å². The Morgan fingerprint density at radius 1 is 1.14 bits per heavy atom. The summed E-state index contributed by atoms with van der Waals surface area (Å²) >= 11 is 0. The van der Waals surface area contributed by atoms with Crippen molar-refractivity contribution < 1.29 is 19.8 Å². The summed E-state index contributed by atoms with van der Waals surface area (Å²) in [6, 6.07) is 12.7. The number of phenolic OH excluding ortho intramolecular Hbond substituents is 1. The molecule has 0 amide bonds. The van der Waals surface area contributed by atoms with Gasteiger partial charge in [0.05, 0.1) is 22.4 Å². The maximum absolute atomic E-state index is 12.5. The summed E-state index contributed by atoms with van der Waals surface area (Å²) in [4.78, 5) is 28.2. The lowest BCUT2D eigenvalue weighted by molar-refractivity contribution is -0.113. The highest BCUT2D eigenvalue weighted by Crippen LogP contribution is 2.29. The third kappa shape index (κ3) is 3.98. The molecule has 7 nitrogen and oxygen atoms in total. The van der Waals surface area contributed by atoms with E-state index in [1.807, 2.05) is 0 Å². The van der Waals surface area contributed by atoms with Gasteiger partial charge in [-0.3, -0.25) is 4.79 Å². The second-order valence-corrected chi connectivity index (χ2v) is 6.13. The molecule has 0 bridgehead atoms. The number of carbonyl (C=O) groups is 2. The fraction of sp³-hybridized carbons (Fsp3) is 0.0909. The summed E-state index contributed by atoms with van der Waals surface area (Å²) in [6.45, 7) is 5.41. The van der Waals surface area contributed by atoms with Gasteiger partial charge in [0.25, 0.3) is 0 Å². The number of benzene rings is 2. The number of aromatic nitrogens is 3. The van der Waals surface area contributed by atoms with E-state index in [2.05, 4.69) is 16.7 Å². The molecule has 1 aromatic heterocycles. The molecular weight excluding hydrogens is 370 g/mol. The van der Waals surface area contributed by atoms with E-state index in [0.29, 0.717) is 16.8 Å². The zero-order valence-electron chi connectivity index (χ0n) is 15.7. The SMILES string of the molecule is C=C/C=C(\C(=O)CC)c1nc(-c2ccccc2O)nn1-c1ccc(C(=O)O)cc1. The molecule has 0 aliphatic heterocycles. The van der Waals surface area contributed by atoms with E-state index in [9.17, 15) is 14.7 Å². The number of aromatic carboxylic acids is 1. The molecule has 0 atom stereocenters. The molecule has 0 aliphatic carbocycles. The van der Waals surface area contributed by atoms with Crippen molar-refractivity contribution in [2.24, 2.45) is 0 Å². The van der Waals surface area contributed by atoms with Crippen molar-refractivity contribution in [3.63, 3.8) is 0 Å². The van der Waals surface area contributed by atoms with Crippen LogP contribution in [0.4, 0.5) is 0 Å². The van der Waals surface area contributed by atoms with Crippen LogP contribution in [-0.4, -0.2) is 36.7 Å². The molecule has 3 aromatic rings. The predicted octanol–water partition coefficient (Wildman–Crippen LogP) is 3.89. The van der Waals surface area contributed by atoms with Crippen LogP contribution in [0.1, 0.15) is 29.5 Å². The molecule has 2 N–H and O–H groups in total. The number of aromatic hydroxyl groups is 1. The summed E-state index contributed by atoms with van der Waals surface area (Å²) in [6.07, 6.45) is 3.32. The molecule has 29 heavy (non-hydrogen) atoms. The minimum Gasteiger partial charge on any atom is -0.507 e. The number of carboxylic acid groups (broad SMARTS) is 1. The lowest BCUT2D eigenvalue weighted by atomic mass is 10.1. The number of rotatable bonds is 7. The van der Waals surface area contributed by atoms with Gasteiger partial charge in [-0.25, -0.2) is 14.5 Å². The van der Waals surface area contributed by atoms with E-state index in [-0.39, 0.29) is 35.2 Å².